The lowest BCUT2D eigenvalue weighted by atomic mass is 10.1. The summed E-state index contributed by atoms with van der Waals surface area (Å²) in [6, 6.07) is 9.59. The largest absolute Gasteiger partial charge is 0.343 e. The minimum absolute atomic E-state index is 0.111. The summed E-state index contributed by atoms with van der Waals surface area (Å²) < 4.78 is 0. The average molecular weight is 312 g/mol. The first kappa shape index (κ1) is 13.0. The average Bonchev–Trinajstić information content (AvgIpc) is 2.94. The Balaban J connectivity index is 1.84. The third-order valence-corrected chi connectivity index (χ3v) is 5.02. The lowest BCUT2D eigenvalue weighted by Crippen LogP contribution is -2.31. The molecule has 0 saturated carbocycles. The van der Waals surface area contributed by atoms with Crippen LogP contribution < -0.4 is 5.32 Å². The van der Waals surface area contributed by atoms with E-state index < -0.39 is 0 Å². The van der Waals surface area contributed by atoms with E-state index in [-0.39, 0.29) is 17.3 Å². The second kappa shape index (κ2) is 5.16. The Kier molecular flexibility index (Phi) is 3.52. The van der Waals surface area contributed by atoms with E-state index in [1.807, 2.05) is 18.2 Å². The number of carbonyl (C=O) groups is 1. The number of rotatable bonds is 2. The van der Waals surface area contributed by atoms with Crippen LogP contribution >= 0.6 is 34.5 Å². The van der Waals surface area contributed by atoms with E-state index >= 15 is 0 Å². The number of alkyl halides is 1. The quantitative estimate of drug-likeness (QED) is 0.833. The number of benzene rings is 1. The number of carbonyl (C=O) groups excluding carboxylic acids is 1. The van der Waals surface area contributed by atoms with Crippen LogP contribution in [0.25, 0.3) is 0 Å². The molecule has 1 aliphatic carbocycles. The summed E-state index contributed by atoms with van der Waals surface area (Å²) in [5.74, 6) is -0.160. The second-order valence-corrected chi connectivity index (χ2v) is 6.35. The zero-order valence-electron chi connectivity index (χ0n) is 9.90. The fourth-order valence-electron chi connectivity index (χ4n) is 2.38. The monoisotopic (exact) mass is 311 g/mol. The van der Waals surface area contributed by atoms with Gasteiger partial charge in [0.2, 0.25) is 0 Å². The van der Waals surface area contributed by atoms with Crippen molar-refractivity contribution in [2.24, 2.45) is 0 Å². The summed E-state index contributed by atoms with van der Waals surface area (Å²) >= 11 is 13.7. The third kappa shape index (κ3) is 2.38. The standard InChI is InChI=1S/C14H11Cl2NOS/c15-10-5-6-19-13(10)14(18)17-12-9-4-2-1-3-8(9)7-11(12)16/h1-6,11-12H,7H2,(H,17,18). The molecule has 2 nitrogen and oxygen atoms in total. The maximum Gasteiger partial charge on any atom is 0.263 e. The Bertz CT molecular complexity index is 625. The van der Waals surface area contributed by atoms with E-state index in [1.165, 1.54) is 16.9 Å². The molecule has 0 spiro atoms. The summed E-state index contributed by atoms with van der Waals surface area (Å²) in [7, 11) is 0. The topological polar surface area (TPSA) is 29.1 Å². The van der Waals surface area contributed by atoms with Gasteiger partial charge in [0.05, 0.1) is 16.4 Å². The molecule has 0 radical (unpaired) electrons. The Morgan fingerprint density at radius 1 is 1.32 bits per heavy atom. The molecule has 0 saturated heterocycles. The van der Waals surface area contributed by atoms with Crippen molar-refractivity contribution in [3.63, 3.8) is 0 Å². The fourth-order valence-corrected chi connectivity index (χ4v) is 3.79. The van der Waals surface area contributed by atoms with Gasteiger partial charge in [-0.2, -0.15) is 0 Å². The van der Waals surface area contributed by atoms with Crippen molar-refractivity contribution in [1.82, 2.24) is 5.32 Å². The minimum atomic E-state index is -0.160. The molecule has 3 rings (SSSR count). The highest BCUT2D eigenvalue weighted by molar-refractivity contribution is 7.12. The highest BCUT2D eigenvalue weighted by atomic mass is 35.5. The van der Waals surface area contributed by atoms with Crippen LogP contribution in [0.1, 0.15) is 26.8 Å². The van der Waals surface area contributed by atoms with Crippen LogP contribution in [0.5, 0.6) is 0 Å². The molecule has 1 N–H and O–H groups in total. The molecule has 1 aliphatic rings. The van der Waals surface area contributed by atoms with Gasteiger partial charge in [0.25, 0.3) is 5.91 Å². The molecule has 98 valence electrons. The lowest BCUT2D eigenvalue weighted by molar-refractivity contribution is 0.0941. The molecule has 1 aromatic carbocycles. The first-order valence-electron chi connectivity index (χ1n) is 5.92. The molecule has 0 fully saturated rings. The zero-order chi connectivity index (χ0) is 13.4. The van der Waals surface area contributed by atoms with E-state index in [4.69, 9.17) is 23.2 Å². The molecule has 2 aromatic rings. The predicted molar refractivity (Wildman–Crippen MR) is 79.3 cm³/mol. The normalized spacial score (nSPS) is 21.2. The zero-order valence-corrected chi connectivity index (χ0v) is 12.2. The molecule has 5 heteroatoms. The number of nitrogens with one attached hydrogen (secondary N) is 1. The van der Waals surface area contributed by atoms with Crippen LogP contribution in [-0.4, -0.2) is 11.3 Å². The number of hydrogen-bond donors (Lipinski definition) is 1. The van der Waals surface area contributed by atoms with Crippen molar-refractivity contribution in [3.8, 4) is 0 Å². The Hall–Kier alpha value is -1.03. The van der Waals surface area contributed by atoms with Gasteiger partial charge in [-0.3, -0.25) is 4.79 Å². The third-order valence-electron chi connectivity index (χ3n) is 3.28. The van der Waals surface area contributed by atoms with Crippen LogP contribution in [0.15, 0.2) is 35.7 Å². The fraction of sp³-hybridized carbons (Fsp3) is 0.214. The first-order valence-corrected chi connectivity index (χ1v) is 7.62. The summed E-state index contributed by atoms with van der Waals surface area (Å²) in [6.45, 7) is 0. The van der Waals surface area contributed by atoms with Gasteiger partial charge in [-0.1, -0.05) is 35.9 Å². The van der Waals surface area contributed by atoms with E-state index in [9.17, 15) is 4.79 Å². The van der Waals surface area contributed by atoms with Crippen LogP contribution in [-0.2, 0) is 6.42 Å². The number of amides is 1. The van der Waals surface area contributed by atoms with E-state index in [1.54, 1.807) is 11.4 Å². The van der Waals surface area contributed by atoms with Crippen LogP contribution in [0.2, 0.25) is 5.02 Å². The van der Waals surface area contributed by atoms with E-state index in [0.717, 1.165) is 12.0 Å². The molecule has 2 unspecified atom stereocenters. The van der Waals surface area contributed by atoms with Gasteiger partial charge >= 0.3 is 0 Å². The van der Waals surface area contributed by atoms with Crippen molar-refractivity contribution >= 4 is 40.4 Å². The van der Waals surface area contributed by atoms with Gasteiger partial charge < -0.3 is 5.32 Å². The van der Waals surface area contributed by atoms with Gasteiger partial charge in [0, 0.05) is 0 Å². The van der Waals surface area contributed by atoms with Crippen molar-refractivity contribution in [1.29, 1.82) is 0 Å². The highest BCUT2D eigenvalue weighted by Crippen LogP contribution is 2.35. The van der Waals surface area contributed by atoms with Gasteiger partial charge in [-0.15, -0.1) is 22.9 Å². The smallest absolute Gasteiger partial charge is 0.263 e. The molecule has 1 heterocycles. The van der Waals surface area contributed by atoms with Crippen LogP contribution in [0.3, 0.4) is 0 Å². The molecule has 0 aliphatic heterocycles. The molecule has 1 aromatic heterocycles. The Morgan fingerprint density at radius 2 is 2.11 bits per heavy atom. The maximum absolute atomic E-state index is 12.2. The predicted octanol–water partition coefficient (Wildman–Crippen LogP) is 4.04. The van der Waals surface area contributed by atoms with Crippen LogP contribution in [0.4, 0.5) is 0 Å². The van der Waals surface area contributed by atoms with E-state index in [2.05, 4.69) is 11.4 Å². The Labute approximate surface area is 125 Å². The summed E-state index contributed by atoms with van der Waals surface area (Å²) in [5.41, 5.74) is 2.30. The van der Waals surface area contributed by atoms with Gasteiger partial charge in [0.1, 0.15) is 4.88 Å². The van der Waals surface area contributed by atoms with Crippen molar-refractivity contribution in [2.75, 3.05) is 0 Å². The summed E-state index contributed by atoms with van der Waals surface area (Å²) in [4.78, 5) is 12.7. The number of thiophene rings is 1. The molecule has 19 heavy (non-hydrogen) atoms. The van der Waals surface area contributed by atoms with E-state index in [0.29, 0.717) is 9.90 Å². The van der Waals surface area contributed by atoms with Crippen molar-refractivity contribution in [2.45, 2.75) is 17.8 Å². The lowest BCUT2D eigenvalue weighted by Gasteiger charge is -2.17. The molecular formula is C14H11Cl2NOS. The number of halogens is 2. The molecule has 0 bridgehead atoms. The molecular weight excluding hydrogens is 301 g/mol. The van der Waals surface area contributed by atoms with Gasteiger partial charge in [-0.25, -0.2) is 0 Å². The van der Waals surface area contributed by atoms with Gasteiger partial charge in [0.15, 0.2) is 0 Å². The number of hydrogen-bond acceptors (Lipinski definition) is 2. The van der Waals surface area contributed by atoms with Crippen LogP contribution in [0, 0.1) is 0 Å². The second-order valence-electron chi connectivity index (χ2n) is 4.47. The number of fused-ring (bicyclic) bond motifs is 1. The van der Waals surface area contributed by atoms with Crippen molar-refractivity contribution in [3.05, 3.63) is 56.7 Å². The Morgan fingerprint density at radius 3 is 2.84 bits per heavy atom. The first-order chi connectivity index (χ1) is 9.16. The van der Waals surface area contributed by atoms with Gasteiger partial charge in [-0.05, 0) is 29.0 Å². The highest BCUT2D eigenvalue weighted by Gasteiger charge is 2.32. The molecule has 2 atom stereocenters. The summed E-state index contributed by atoms with van der Waals surface area (Å²) in [6.07, 6.45) is 0.779. The SMILES string of the molecule is O=C(NC1c2ccccc2CC1Cl)c1sccc1Cl. The minimum Gasteiger partial charge on any atom is -0.343 e. The van der Waals surface area contributed by atoms with Crippen molar-refractivity contribution < 1.29 is 4.79 Å². The molecule has 1 amide bonds. The maximum atomic E-state index is 12.2. The summed E-state index contributed by atoms with van der Waals surface area (Å²) in [5, 5.41) is 5.16.